The first kappa shape index (κ1) is 17.3. The molecule has 3 nitrogen and oxygen atoms in total. The molecular weight excluding hydrogens is 364 g/mol. The number of carbonyl (C=O) groups excluding carboxylic acids is 1. The maximum absolute atomic E-state index is 11.1. The number of halogens is 1. The third-order valence-electron chi connectivity index (χ3n) is 4.76. The summed E-state index contributed by atoms with van der Waals surface area (Å²) in [5, 5.41) is 0. The maximum atomic E-state index is 11.1. The number of fused-ring (bicyclic) bond motifs is 1. The number of hydrogen-bond donors (Lipinski definition) is 1. The number of nitrogens with zero attached hydrogens (tertiary/aromatic N) is 1. The standard InChI is InChI=1S/C21H19ClN2OS/c22-20-9-8-19(26-20)18-12-15(16-2-1-3-17(16)24-18)10-13-4-6-14(7-5-13)11-21(23)25/h4-9,12H,1-3,10-11H2,(H2,23,25). The Kier molecular flexibility index (Phi) is 4.79. The predicted molar refractivity (Wildman–Crippen MR) is 107 cm³/mol. The van der Waals surface area contributed by atoms with Gasteiger partial charge in [-0.15, -0.1) is 11.3 Å². The van der Waals surface area contributed by atoms with Crippen molar-refractivity contribution in [3.8, 4) is 10.6 Å². The minimum Gasteiger partial charge on any atom is -0.369 e. The molecule has 4 rings (SSSR count). The van der Waals surface area contributed by atoms with Gasteiger partial charge in [0, 0.05) is 5.69 Å². The number of amides is 1. The van der Waals surface area contributed by atoms with E-state index in [1.54, 1.807) is 11.3 Å². The topological polar surface area (TPSA) is 56.0 Å². The number of aromatic nitrogens is 1. The van der Waals surface area contributed by atoms with Crippen LogP contribution in [0.15, 0.2) is 42.5 Å². The van der Waals surface area contributed by atoms with Crippen LogP contribution in [-0.2, 0) is 30.5 Å². The lowest BCUT2D eigenvalue weighted by Gasteiger charge is -2.11. The molecule has 0 fully saturated rings. The fourth-order valence-electron chi connectivity index (χ4n) is 3.56. The van der Waals surface area contributed by atoms with Crippen molar-refractivity contribution in [3.05, 3.63) is 74.7 Å². The molecule has 1 aliphatic carbocycles. The quantitative estimate of drug-likeness (QED) is 0.702. The Morgan fingerprint density at radius 1 is 1.12 bits per heavy atom. The van der Waals surface area contributed by atoms with Crippen LogP contribution < -0.4 is 5.73 Å². The van der Waals surface area contributed by atoms with E-state index in [0.717, 1.165) is 39.7 Å². The zero-order valence-electron chi connectivity index (χ0n) is 14.3. The number of thiophene rings is 1. The zero-order valence-corrected chi connectivity index (χ0v) is 15.9. The average Bonchev–Trinajstić information content (AvgIpc) is 3.25. The molecular formula is C21H19ClN2OS. The lowest BCUT2D eigenvalue weighted by Crippen LogP contribution is -2.13. The lowest BCUT2D eigenvalue weighted by molar-refractivity contribution is -0.117. The Morgan fingerprint density at radius 2 is 1.88 bits per heavy atom. The van der Waals surface area contributed by atoms with Crippen LogP contribution in [-0.4, -0.2) is 10.9 Å². The van der Waals surface area contributed by atoms with Crippen molar-refractivity contribution < 1.29 is 4.79 Å². The van der Waals surface area contributed by atoms with E-state index in [1.807, 2.05) is 24.3 Å². The second-order valence-electron chi connectivity index (χ2n) is 6.69. The van der Waals surface area contributed by atoms with Gasteiger partial charge >= 0.3 is 0 Å². The van der Waals surface area contributed by atoms with E-state index in [0.29, 0.717) is 0 Å². The van der Waals surface area contributed by atoms with Gasteiger partial charge in [-0.3, -0.25) is 9.78 Å². The summed E-state index contributed by atoms with van der Waals surface area (Å²) in [4.78, 5) is 17.1. The van der Waals surface area contributed by atoms with Crippen molar-refractivity contribution >= 4 is 28.8 Å². The highest BCUT2D eigenvalue weighted by atomic mass is 35.5. The van der Waals surface area contributed by atoms with Gasteiger partial charge in [0.05, 0.1) is 21.3 Å². The third-order valence-corrected chi connectivity index (χ3v) is 6.02. The van der Waals surface area contributed by atoms with Crippen LogP contribution in [0.2, 0.25) is 4.34 Å². The van der Waals surface area contributed by atoms with Crippen molar-refractivity contribution in [1.82, 2.24) is 4.98 Å². The highest BCUT2D eigenvalue weighted by Crippen LogP contribution is 2.34. The number of hydrogen-bond acceptors (Lipinski definition) is 3. The molecule has 26 heavy (non-hydrogen) atoms. The van der Waals surface area contributed by atoms with Crippen molar-refractivity contribution in [2.45, 2.75) is 32.1 Å². The number of nitrogens with two attached hydrogens (primary N) is 1. The summed E-state index contributed by atoms with van der Waals surface area (Å²) in [6, 6.07) is 14.3. The molecule has 2 heterocycles. The Bertz CT molecular complexity index is 963. The molecule has 0 saturated heterocycles. The normalized spacial score (nSPS) is 13.0. The molecule has 2 N–H and O–H groups in total. The Labute approximate surface area is 161 Å². The van der Waals surface area contributed by atoms with E-state index in [2.05, 4.69) is 18.2 Å². The fourth-order valence-corrected chi connectivity index (χ4v) is 4.56. The maximum Gasteiger partial charge on any atom is 0.221 e. The highest BCUT2D eigenvalue weighted by molar-refractivity contribution is 7.19. The van der Waals surface area contributed by atoms with Crippen LogP contribution >= 0.6 is 22.9 Å². The van der Waals surface area contributed by atoms with Crippen LogP contribution in [0.5, 0.6) is 0 Å². The largest absolute Gasteiger partial charge is 0.369 e. The van der Waals surface area contributed by atoms with Crippen molar-refractivity contribution in [2.75, 3.05) is 0 Å². The predicted octanol–water partition coefficient (Wildman–Crippen LogP) is 4.57. The van der Waals surface area contributed by atoms with E-state index in [9.17, 15) is 4.79 Å². The summed E-state index contributed by atoms with van der Waals surface area (Å²) >= 11 is 7.67. The first-order valence-corrected chi connectivity index (χ1v) is 9.91. The van der Waals surface area contributed by atoms with Crippen molar-refractivity contribution in [3.63, 3.8) is 0 Å². The second-order valence-corrected chi connectivity index (χ2v) is 8.40. The van der Waals surface area contributed by atoms with Gasteiger partial charge in [-0.25, -0.2) is 0 Å². The van der Waals surface area contributed by atoms with Crippen LogP contribution in [0.1, 0.15) is 34.4 Å². The summed E-state index contributed by atoms with van der Waals surface area (Å²) in [5.74, 6) is -0.302. The molecule has 0 radical (unpaired) electrons. The van der Waals surface area contributed by atoms with Gasteiger partial charge in [0.2, 0.25) is 5.91 Å². The van der Waals surface area contributed by atoms with Gasteiger partial charge in [0.25, 0.3) is 0 Å². The molecule has 2 aromatic heterocycles. The minimum absolute atomic E-state index is 0.286. The number of primary amides is 1. The third kappa shape index (κ3) is 3.67. The van der Waals surface area contributed by atoms with Crippen LogP contribution in [0, 0.1) is 0 Å². The first-order valence-electron chi connectivity index (χ1n) is 8.72. The number of pyridine rings is 1. The van der Waals surface area contributed by atoms with Crippen LogP contribution in [0.4, 0.5) is 0 Å². The smallest absolute Gasteiger partial charge is 0.221 e. The average molecular weight is 383 g/mol. The molecule has 1 aromatic carbocycles. The molecule has 0 unspecified atom stereocenters. The first-order chi connectivity index (χ1) is 12.6. The highest BCUT2D eigenvalue weighted by Gasteiger charge is 2.19. The zero-order chi connectivity index (χ0) is 18.1. The number of rotatable bonds is 5. The SMILES string of the molecule is NC(=O)Cc1ccc(Cc2cc(-c3ccc(Cl)s3)nc3c2CCC3)cc1. The molecule has 3 aromatic rings. The van der Waals surface area contributed by atoms with E-state index >= 15 is 0 Å². The van der Waals surface area contributed by atoms with E-state index in [1.165, 1.54) is 28.8 Å². The second kappa shape index (κ2) is 7.22. The number of benzene rings is 1. The van der Waals surface area contributed by atoms with E-state index in [-0.39, 0.29) is 12.3 Å². The Hall–Kier alpha value is -2.17. The Morgan fingerprint density at radius 3 is 2.58 bits per heavy atom. The van der Waals surface area contributed by atoms with Gasteiger partial charge in [-0.2, -0.15) is 0 Å². The molecule has 0 saturated carbocycles. The molecule has 0 bridgehead atoms. The minimum atomic E-state index is -0.302. The van der Waals surface area contributed by atoms with Crippen LogP contribution in [0.25, 0.3) is 10.6 Å². The molecule has 5 heteroatoms. The monoisotopic (exact) mass is 382 g/mol. The summed E-state index contributed by atoms with van der Waals surface area (Å²) in [5.41, 5.74) is 12.4. The summed E-state index contributed by atoms with van der Waals surface area (Å²) in [6.45, 7) is 0. The van der Waals surface area contributed by atoms with Gasteiger partial charge in [-0.05, 0) is 66.1 Å². The van der Waals surface area contributed by atoms with Gasteiger partial charge < -0.3 is 5.73 Å². The summed E-state index contributed by atoms with van der Waals surface area (Å²) in [7, 11) is 0. The van der Waals surface area contributed by atoms with Crippen molar-refractivity contribution in [2.24, 2.45) is 5.73 Å². The van der Waals surface area contributed by atoms with Gasteiger partial charge in [0.1, 0.15) is 0 Å². The molecule has 0 atom stereocenters. The molecule has 0 spiro atoms. The molecule has 1 amide bonds. The number of carbonyl (C=O) groups is 1. The molecule has 0 aliphatic heterocycles. The molecule has 132 valence electrons. The lowest BCUT2D eigenvalue weighted by atomic mass is 9.97. The van der Waals surface area contributed by atoms with E-state index in [4.69, 9.17) is 22.3 Å². The van der Waals surface area contributed by atoms with E-state index < -0.39 is 0 Å². The molecule has 1 aliphatic rings. The van der Waals surface area contributed by atoms with Gasteiger partial charge in [0.15, 0.2) is 0 Å². The van der Waals surface area contributed by atoms with Gasteiger partial charge in [-0.1, -0.05) is 35.9 Å². The summed E-state index contributed by atoms with van der Waals surface area (Å²) < 4.78 is 0.786. The van der Waals surface area contributed by atoms with Crippen molar-refractivity contribution in [1.29, 1.82) is 0 Å². The Balaban J connectivity index is 1.65. The van der Waals surface area contributed by atoms with Crippen LogP contribution in [0.3, 0.4) is 0 Å². The number of aryl methyl sites for hydroxylation is 1. The fraction of sp³-hybridized carbons (Fsp3) is 0.238. The summed E-state index contributed by atoms with van der Waals surface area (Å²) in [6.07, 6.45) is 4.47.